The Labute approximate surface area is 123 Å². The van der Waals surface area contributed by atoms with E-state index in [0.717, 1.165) is 6.42 Å². The Morgan fingerprint density at radius 3 is 2.60 bits per heavy atom. The van der Waals surface area contributed by atoms with E-state index < -0.39 is 0 Å². The van der Waals surface area contributed by atoms with Crippen LogP contribution in [0, 0.1) is 12.7 Å². The predicted octanol–water partition coefficient (Wildman–Crippen LogP) is 3.92. The average Bonchev–Trinajstić information content (AvgIpc) is 2.43. The lowest BCUT2D eigenvalue weighted by Crippen LogP contribution is -2.29. The van der Waals surface area contributed by atoms with Gasteiger partial charge in [0.15, 0.2) is 0 Å². The fourth-order valence-electron chi connectivity index (χ4n) is 2.35. The minimum Gasteiger partial charge on any atom is -0.271 e. The number of nitrogens with two attached hydrogens (primary N) is 1. The van der Waals surface area contributed by atoms with Crippen molar-refractivity contribution in [2.75, 3.05) is 0 Å². The summed E-state index contributed by atoms with van der Waals surface area (Å²) in [6.45, 7) is 2.07. The number of hydrogen-bond acceptors (Lipinski definition) is 2. The molecule has 1 atom stereocenters. The lowest BCUT2D eigenvalue weighted by Gasteiger charge is -2.19. The van der Waals surface area contributed by atoms with Crippen molar-refractivity contribution in [1.82, 2.24) is 5.43 Å². The molecule has 2 nitrogen and oxygen atoms in total. The van der Waals surface area contributed by atoms with Gasteiger partial charge in [0.05, 0.1) is 6.04 Å². The first-order valence-electron chi connectivity index (χ1n) is 6.58. The molecular formula is C16H18ClFN2. The third-order valence-corrected chi connectivity index (χ3v) is 3.84. The van der Waals surface area contributed by atoms with Crippen LogP contribution in [0.25, 0.3) is 0 Å². The van der Waals surface area contributed by atoms with E-state index in [4.69, 9.17) is 17.4 Å². The molecule has 0 radical (unpaired) electrons. The quantitative estimate of drug-likeness (QED) is 0.647. The molecule has 0 saturated heterocycles. The van der Waals surface area contributed by atoms with E-state index in [2.05, 4.69) is 24.5 Å². The largest absolute Gasteiger partial charge is 0.271 e. The zero-order valence-electron chi connectivity index (χ0n) is 11.4. The van der Waals surface area contributed by atoms with Gasteiger partial charge in [-0.2, -0.15) is 0 Å². The van der Waals surface area contributed by atoms with Crippen molar-refractivity contribution < 1.29 is 4.39 Å². The van der Waals surface area contributed by atoms with Gasteiger partial charge in [-0.1, -0.05) is 41.9 Å². The number of halogens is 2. The smallest absolute Gasteiger partial charge is 0.129 e. The highest BCUT2D eigenvalue weighted by Gasteiger charge is 2.17. The van der Waals surface area contributed by atoms with E-state index >= 15 is 0 Å². The van der Waals surface area contributed by atoms with Crippen molar-refractivity contribution in [2.45, 2.75) is 25.8 Å². The Morgan fingerprint density at radius 1 is 1.20 bits per heavy atom. The van der Waals surface area contributed by atoms with Gasteiger partial charge in [-0.3, -0.25) is 11.3 Å². The van der Waals surface area contributed by atoms with Gasteiger partial charge >= 0.3 is 0 Å². The molecule has 0 amide bonds. The number of hydrogen-bond donors (Lipinski definition) is 2. The Hall–Kier alpha value is -1.42. The molecule has 0 aliphatic carbocycles. The monoisotopic (exact) mass is 292 g/mol. The zero-order chi connectivity index (χ0) is 14.5. The van der Waals surface area contributed by atoms with Crippen LogP contribution in [0.5, 0.6) is 0 Å². The molecular weight excluding hydrogens is 275 g/mol. The molecule has 0 aliphatic rings. The van der Waals surface area contributed by atoms with Gasteiger partial charge in [0, 0.05) is 10.6 Å². The summed E-state index contributed by atoms with van der Waals surface area (Å²) in [5.41, 5.74) is 5.56. The second-order valence-electron chi connectivity index (χ2n) is 4.82. The second kappa shape index (κ2) is 6.84. The van der Waals surface area contributed by atoms with E-state index in [1.807, 2.05) is 12.1 Å². The summed E-state index contributed by atoms with van der Waals surface area (Å²) in [7, 11) is 0. The van der Waals surface area contributed by atoms with Crippen molar-refractivity contribution in [1.29, 1.82) is 0 Å². The van der Waals surface area contributed by atoms with Crippen LogP contribution >= 0.6 is 11.6 Å². The normalized spacial score (nSPS) is 12.4. The molecule has 2 aromatic rings. The maximum atomic E-state index is 13.9. The Balaban J connectivity index is 2.16. The maximum absolute atomic E-state index is 13.9. The number of benzene rings is 2. The number of rotatable bonds is 5. The lowest BCUT2D eigenvalue weighted by atomic mass is 9.97. The molecule has 0 heterocycles. The Morgan fingerprint density at radius 2 is 1.95 bits per heavy atom. The maximum Gasteiger partial charge on any atom is 0.129 e. The van der Waals surface area contributed by atoms with Gasteiger partial charge in [0.1, 0.15) is 5.82 Å². The molecule has 20 heavy (non-hydrogen) atoms. The summed E-state index contributed by atoms with van der Waals surface area (Å²) in [6, 6.07) is 12.5. The highest BCUT2D eigenvalue weighted by molar-refractivity contribution is 6.31. The topological polar surface area (TPSA) is 38.0 Å². The zero-order valence-corrected chi connectivity index (χ0v) is 12.1. The third kappa shape index (κ3) is 3.37. The van der Waals surface area contributed by atoms with Crippen molar-refractivity contribution in [3.63, 3.8) is 0 Å². The van der Waals surface area contributed by atoms with Gasteiger partial charge in [-0.15, -0.1) is 0 Å². The molecule has 2 rings (SSSR count). The van der Waals surface area contributed by atoms with Crippen LogP contribution in [0.3, 0.4) is 0 Å². The molecule has 0 fully saturated rings. The summed E-state index contributed by atoms with van der Waals surface area (Å²) in [4.78, 5) is 0. The molecule has 106 valence electrons. The minimum absolute atomic E-state index is 0.302. The molecule has 1 unspecified atom stereocenters. The van der Waals surface area contributed by atoms with Crippen LogP contribution in [0.4, 0.5) is 4.39 Å². The van der Waals surface area contributed by atoms with E-state index in [1.54, 1.807) is 12.1 Å². The minimum atomic E-state index is -0.328. The molecule has 3 N–H and O–H groups in total. The van der Waals surface area contributed by atoms with Gasteiger partial charge < -0.3 is 0 Å². The predicted molar refractivity (Wildman–Crippen MR) is 81.0 cm³/mol. The van der Waals surface area contributed by atoms with Crippen molar-refractivity contribution in [3.05, 3.63) is 70.0 Å². The SMILES string of the molecule is Cc1ccccc1CCC(NN)c1c(F)cccc1Cl. The van der Waals surface area contributed by atoms with Crippen molar-refractivity contribution in [3.8, 4) is 0 Å². The third-order valence-electron chi connectivity index (χ3n) is 3.51. The van der Waals surface area contributed by atoms with Crippen LogP contribution in [0.15, 0.2) is 42.5 Å². The number of hydrazine groups is 1. The van der Waals surface area contributed by atoms with Crippen LogP contribution in [-0.2, 0) is 6.42 Å². The van der Waals surface area contributed by atoms with E-state index in [9.17, 15) is 4.39 Å². The van der Waals surface area contributed by atoms with E-state index in [-0.39, 0.29) is 11.9 Å². The summed E-state index contributed by atoms with van der Waals surface area (Å²) in [6.07, 6.45) is 1.49. The molecule has 0 bridgehead atoms. The second-order valence-corrected chi connectivity index (χ2v) is 5.23. The Bertz CT molecular complexity index is 566. The fourth-order valence-corrected chi connectivity index (χ4v) is 2.64. The molecule has 0 aliphatic heterocycles. The lowest BCUT2D eigenvalue weighted by molar-refractivity contribution is 0.485. The number of aryl methyl sites for hydroxylation is 2. The first-order chi connectivity index (χ1) is 9.63. The number of nitrogens with one attached hydrogen (secondary N) is 1. The van der Waals surface area contributed by atoms with Crippen LogP contribution in [0.2, 0.25) is 5.02 Å². The summed E-state index contributed by atoms with van der Waals surface area (Å²) >= 11 is 6.08. The Kier molecular flexibility index (Phi) is 5.12. The first-order valence-corrected chi connectivity index (χ1v) is 6.96. The van der Waals surface area contributed by atoms with Gasteiger partial charge in [-0.05, 0) is 43.0 Å². The molecule has 0 saturated carbocycles. The highest BCUT2D eigenvalue weighted by atomic mass is 35.5. The van der Waals surface area contributed by atoms with Crippen LogP contribution in [0.1, 0.15) is 29.2 Å². The van der Waals surface area contributed by atoms with Crippen molar-refractivity contribution >= 4 is 11.6 Å². The molecule has 0 spiro atoms. The standard InChI is InChI=1S/C16H18ClFN2/c1-11-5-2-3-6-12(11)9-10-15(20-19)16-13(17)7-4-8-14(16)18/h2-8,15,20H,9-10,19H2,1H3. The molecule has 2 aromatic carbocycles. The summed E-state index contributed by atoms with van der Waals surface area (Å²) < 4.78 is 13.9. The van der Waals surface area contributed by atoms with Crippen molar-refractivity contribution in [2.24, 2.45) is 5.84 Å². The summed E-state index contributed by atoms with van der Waals surface area (Å²) in [5, 5.41) is 0.401. The highest BCUT2D eigenvalue weighted by Crippen LogP contribution is 2.28. The van der Waals surface area contributed by atoms with E-state index in [0.29, 0.717) is 17.0 Å². The van der Waals surface area contributed by atoms with E-state index in [1.165, 1.54) is 17.2 Å². The molecule has 0 aromatic heterocycles. The van der Waals surface area contributed by atoms with Crippen LogP contribution < -0.4 is 11.3 Å². The van der Waals surface area contributed by atoms with Gasteiger partial charge in [0.25, 0.3) is 0 Å². The molecule has 4 heteroatoms. The summed E-state index contributed by atoms with van der Waals surface area (Å²) in [5.74, 6) is 5.24. The fraction of sp³-hybridized carbons (Fsp3) is 0.250. The van der Waals surface area contributed by atoms with Crippen LogP contribution in [-0.4, -0.2) is 0 Å². The average molecular weight is 293 g/mol. The first kappa shape index (κ1) is 15.0. The van der Waals surface area contributed by atoms with Gasteiger partial charge in [-0.25, -0.2) is 4.39 Å². The van der Waals surface area contributed by atoms with Gasteiger partial charge in [0.2, 0.25) is 0 Å².